The molecule has 0 aromatic heterocycles. The van der Waals surface area contributed by atoms with Gasteiger partial charge in [-0.3, -0.25) is 0 Å². The Balaban J connectivity index is 1.85. The Morgan fingerprint density at radius 3 is 2.86 bits per heavy atom. The van der Waals surface area contributed by atoms with E-state index in [0.29, 0.717) is 18.3 Å². The number of benzene rings is 1. The van der Waals surface area contributed by atoms with Gasteiger partial charge in [0.1, 0.15) is 11.6 Å². The van der Waals surface area contributed by atoms with Crippen molar-refractivity contribution in [2.75, 3.05) is 6.61 Å². The van der Waals surface area contributed by atoms with Gasteiger partial charge in [0.25, 0.3) is 0 Å². The summed E-state index contributed by atoms with van der Waals surface area (Å²) in [5.74, 6) is 0.831. The molecule has 14 heavy (non-hydrogen) atoms. The largest absolute Gasteiger partial charge is 0.493 e. The van der Waals surface area contributed by atoms with Gasteiger partial charge >= 0.3 is 0 Å². The SMILES string of the molecule is Fc1[c]c(OCC2CCCC2)ccc1. The zero-order chi connectivity index (χ0) is 9.80. The van der Waals surface area contributed by atoms with Crippen LogP contribution in [0.5, 0.6) is 5.75 Å². The normalized spacial score (nSPS) is 17.2. The maximum Gasteiger partial charge on any atom is 0.135 e. The maximum atomic E-state index is 12.7. The summed E-state index contributed by atoms with van der Waals surface area (Å²) in [4.78, 5) is 0. The van der Waals surface area contributed by atoms with E-state index in [1.807, 2.05) is 0 Å². The van der Waals surface area contributed by atoms with Gasteiger partial charge in [-0.15, -0.1) is 0 Å². The summed E-state index contributed by atoms with van der Waals surface area (Å²) in [7, 11) is 0. The average molecular weight is 193 g/mol. The van der Waals surface area contributed by atoms with Gasteiger partial charge in [0.15, 0.2) is 0 Å². The molecule has 0 amide bonds. The first-order valence-corrected chi connectivity index (χ1v) is 5.15. The van der Waals surface area contributed by atoms with Crippen LogP contribution in [-0.2, 0) is 0 Å². The van der Waals surface area contributed by atoms with E-state index in [1.165, 1.54) is 31.7 Å². The van der Waals surface area contributed by atoms with Gasteiger partial charge in [-0.2, -0.15) is 0 Å². The zero-order valence-corrected chi connectivity index (χ0v) is 8.13. The summed E-state index contributed by atoms with van der Waals surface area (Å²) < 4.78 is 18.2. The van der Waals surface area contributed by atoms with Crippen LogP contribution >= 0.6 is 0 Å². The van der Waals surface area contributed by atoms with Gasteiger partial charge in [-0.1, -0.05) is 18.9 Å². The van der Waals surface area contributed by atoms with Crippen molar-refractivity contribution in [3.8, 4) is 5.75 Å². The molecule has 1 aliphatic carbocycles. The van der Waals surface area contributed by atoms with E-state index in [2.05, 4.69) is 6.07 Å². The highest BCUT2D eigenvalue weighted by atomic mass is 19.1. The Morgan fingerprint density at radius 2 is 2.14 bits per heavy atom. The van der Waals surface area contributed by atoms with Crippen LogP contribution in [0.3, 0.4) is 0 Å². The molecule has 0 unspecified atom stereocenters. The Morgan fingerprint density at radius 1 is 1.36 bits per heavy atom. The fourth-order valence-electron chi connectivity index (χ4n) is 1.89. The Labute approximate surface area is 83.9 Å². The summed E-state index contributed by atoms with van der Waals surface area (Å²) in [5, 5.41) is 0. The Kier molecular flexibility index (Phi) is 3.02. The lowest BCUT2D eigenvalue weighted by Gasteiger charge is -2.10. The van der Waals surface area contributed by atoms with Crippen LogP contribution in [-0.4, -0.2) is 6.61 Å². The lowest BCUT2D eigenvalue weighted by molar-refractivity contribution is 0.250. The minimum atomic E-state index is -0.353. The zero-order valence-electron chi connectivity index (χ0n) is 8.13. The maximum absolute atomic E-state index is 12.7. The molecule has 0 aliphatic heterocycles. The second kappa shape index (κ2) is 4.45. The smallest absolute Gasteiger partial charge is 0.135 e. The van der Waals surface area contributed by atoms with E-state index in [0.717, 1.165) is 0 Å². The van der Waals surface area contributed by atoms with Crippen LogP contribution in [0.15, 0.2) is 18.2 Å². The number of rotatable bonds is 3. The van der Waals surface area contributed by atoms with E-state index in [9.17, 15) is 4.39 Å². The Bertz CT molecular complexity index is 292. The molecule has 1 saturated carbocycles. The predicted molar refractivity (Wildman–Crippen MR) is 52.7 cm³/mol. The van der Waals surface area contributed by atoms with E-state index in [1.54, 1.807) is 12.1 Å². The monoisotopic (exact) mass is 193 g/mol. The highest BCUT2D eigenvalue weighted by Crippen LogP contribution is 2.25. The summed E-state index contributed by atoms with van der Waals surface area (Å²) in [6, 6.07) is 7.32. The summed E-state index contributed by atoms with van der Waals surface area (Å²) in [6.45, 7) is 0.708. The number of hydrogen-bond acceptors (Lipinski definition) is 1. The van der Waals surface area contributed by atoms with Gasteiger partial charge in [0.05, 0.1) is 12.7 Å². The number of halogens is 1. The molecule has 2 rings (SSSR count). The van der Waals surface area contributed by atoms with Crippen molar-refractivity contribution in [1.29, 1.82) is 0 Å². The average Bonchev–Trinajstić information content (AvgIpc) is 2.67. The minimum absolute atomic E-state index is 0.353. The third-order valence-electron chi connectivity index (χ3n) is 2.68. The van der Waals surface area contributed by atoms with Crippen molar-refractivity contribution in [3.05, 3.63) is 30.1 Å². The molecule has 0 spiro atoms. The first-order valence-electron chi connectivity index (χ1n) is 5.15. The van der Waals surface area contributed by atoms with Gasteiger partial charge in [0, 0.05) is 0 Å². The molecule has 0 heterocycles. The second-order valence-electron chi connectivity index (χ2n) is 3.82. The van der Waals surface area contributed by atoms with Gasteiger partial charge in [-0.05, 0) is 30.9 Å². The second-order valence-corrected chi connectivity index (χ2v) is 3.82. The molecular weight excluding hydrogens is 179 g/mol. The Hall–Kier alpha value is -1.05. The first kappa shape index (κ1) is 9.50. The molecule has 0 bridgehead atoms. The van der Waals surface area contributed by atoms with Gasteiger partial charge in [0.2, 0.25) is 0 Å². The minimum Gasteiger partial charge on any atom is -0.493 e. The van der Waals surface area contributed by atoms with Crippen LogP contribution in [0.2, 0.25) is 0 Å². The van der Waals surface area contributed by atoms with Crippen LogP contribution in [0.25, 0.3) is 0 Å². The van der Waals surface area contributed by atoms with Crippen molar-refractivity contribution < 1.29 is 9.13 Å². The quantitative estimate of drug-likeness (QED) is 0.716. The highest BCUT2D eigenvalue weighted by Gasteiger charge is 2.15. The third-order valence-corrected chi connectivity index (χ3v) is 2.68. The lowest BCUT2D eigenvalue weighted by atomic mass is 10.1. The lowest BCUT2D eigenvalue weighted by Crippen LogP contribution is -2.08. The molecule has 1 fully saturated rings. The molecule has 1 aromatic rings. The molecule has 1 aromatic carbocycles. The summed E-state index contributed by atoms with van der Waals surface area (Å²) in [6.07, 6.45) is 5.10. The van der Waals surface area contributed by atoms with Crippen LogP contribution in [0, 0.1) is 17.8 Å². The summed E-state index contributed by atoms with van der Waals surface area (Å²) >= 11 is 0. The van der Waals surface area contributed by atoms with Crippen LogP contribution < -0.4 is 4.74 Å². The fraction of sp³-hybridized carbons (Fsp3) is 0.500. The molecule has 1 nitrogen and oxygen atoms in total. The van der Waals surface area contributed by atoms with Crippen LogP contribution in [0.4, 0.5) is 4.39 Å². The highest BCUT2D eigenvalue weighted by molar-refractivity contribution is 5.20. The van der Waals surface area contributed by atoms with Crippen LogP contribution in [0.1, 0.15) is 25.7 Å². The molecule has 0 atom stereocenters. The van der Waals surface area contributed by atoms with E-state index in [-0.39, 0.29) is 5.82 Å². The van der Waals surface area contributed by atoms with Crippen molar-refractivity contribution in [2.45, 2.75) is 25.7 Å². The predicted octanol–water partition coefficient (Wildman–Crippen LogP) is 3.19. The molecule has 0 saturated heterocycles. The molecule has 75 valence electrons. The molecular formula is C12H14FO. The molecule has 1 radical (unpaired) electrons. The van der Waals surface area contributed by atoms with E-state index in [4.69, 9.17) is 4.74 Å². The summed E-state index contributed by atoms with van der Waals surface area (Å²) in [5.41, 5.74) is 0. The molecule has 0 N–H and O–H groups in total. The van der Waals surface area contributed by atoms with E-state index >= 15 is 0 Å². The number of ether oxygens (including phenoxy) is 1. The van der Waals surface area contributed by atoms with Crippen molar-refractivity contribution in [1.82, 2.24) is 0 Å². The fourth-order valence-corrected chi connectivity index (χ4v) is 1.89. The first-order chi connectivity index (χ1) is 6.84. The third kappa shape index (κ3) is 2.47. The van der Waals surface area contributed by atoms with Gasteiger partial charge < -0.3 is 4.74 Å². The van der Waals surface area contributed by atoms with E-state index < -0.39 is 0 Å². The topological polar surface area (TPSA) is 9.23 Å². The standard InChI is InChI=1S/C12H14FO/c13-11-6-3-7-12(8-11)14-9-10-4-1-2-5-10/h3,6-7,10H,1-2,4-5,9H2. The molecule has 1 aliphatic rings. The van der Waals surface area contributed by atoms with Gasteiger partial charge in [-0.25, -0.2) is 4.39 Å². The number of hydrogen-bond donors (Lipinski definition) is 0. The molecule has 2 heteroatoms. The van der Waals surface area contributed by atoms with Crippen molar-refractivity contribution in [3.63, 3.8) is 0 Å². The van der Waals surface area contributed by atoms with Crippen molar-refractivity contribution in [2.24, 2.45) is 5.92 Å². The van der Waals surface area contributed by atoms with Crippen molar-refractivity contribution >= 4 is 0 Å².